The van der Waals surface area contributed by atoms with Gasteiger partial charge in [-0.2, -0.15) is 0 Å². The molecule has 0 amide bonds. The summed E-state index contributed by atoms with van der Waals surface area (Å²) in [4.78, 5) is 0. The first-order valence-corrected chi connectivity index (χ1v) is 0. The van der Waals surface area contributed by atoms with Crippen LogP contribution in [-0.4, -0.2) is 123 Å². The van der Waals surface area contributed by atoms with Gasteiger partial charge in [-0.1, -0.05) is 0 Å². The van der Waals surface area contributed by atoms with E-state index in [0.29, 0.717) is 0 Å². The van der Waals surface area contributed by atoms with Gasteiger partial charge in [0.15, 0.2) is 0 Å². The molecule has 0 aromatic heterocycles. The van der Waals surface area contributed by atoms with Crippen LogP contribution in [-0.2, 0) is 0 Å². The van der Waals surface area contributed by atoms with Crippen LogP contribution >= 0.6 is 12.4 Å². The van der Waals surface area contributed by atoms with E-state index < -0.39 is 0 Å². The summed E-state index contributed by atoms with van der Waals surface area (Å²) in [6.45, 7) is 0. The molecule has 0 saturated heterocycles. The van der Waals surface area contributed by atoms with Gasteiger partial charge >= 0.3 is 0 Å². The molecule has 0 fully saturated rings. The Morgan fingerprint density at radius 2 is 1.00 bits per heavy atom. The Hall–Kier alpha value is 4.17. The van der Waals surface area contributed by atoms with Crippen LogP contribution < -0.4 is 0 Å². The summed E-state index contributed by atoms with van der Waals surface area (Å²) >= 11 is 0. The van der Waals surface area contributed by atoms with Gasteiger partial charge in [0.2, 0.25) is 0 Å². The van der Waals surface area contributed by atoms with Crippen molar-refractivity contribution in [3.63, 3.8) is 0 Å². The van der Waals surface area contributed by atoms with Crippen molar-refractivity contribution in [1.29, 1.82) is 0 Å². The molecule has 0 atom stereocenters. The van der Waals surface area contributed by atoms with E-state index >= 15 is 0 Å². The average molecular weight is 168 g/mol. The van der Waals surface area contributed by atoms with Gasteiger partial charge in [-0.3, -0.25) is 0 Å². The molecule has 0 saturated carbocycles. The van der Waals surface area contributed by atoms with Crippen molar-refractivity contribution in [3.8, 4) is 0 Å². The minimum absolute atomic E-state index is 0. The molecule has 0 aromatic carbocycles. The molecule has 0 spiro atoms. The van der Waals surface area contributed by atoms with Crippen LogP contribution in [0.25, 0.3) is 0 Å². The summed E-state index contributed by atoms with van der Waals surface area (Å²) in [6, 6.07) is 0. The summed E-state index contributed by atoms with van der Waals surface area (Å²) in [7, 11) is 0. The van der Waals surface area contributed by atoms with E-state index in [1.54, 1.807) is 0 Å². The molecule has 0 aliphatic carbocycles. The molecule has 0 N–H and O–H groups in total. The van der Waals surface area contributed by atoms with Crippen molar-refractivity contribution >= 4 is 136 Å². The quantitative estimate of drug-likeness (QED) is 0.403. The van der Waals surface area contributed by atoms with E-state index in [0.717, 1.165) is 0 Å². The molecule has 0 aliphatic rings. The van der Waals surface area contributed by atoms with Crippen LogP contribution in [0.15, 0.2) is 0 Å². The molecule has 0 bridgehead atoms. The Morgan fingerprint density at radius 3 is 1.00 bits per heavy atom. The maximum Gasteiger partial charge on any atom is 0 e. The van der Waals surface area contributed by atoms with Crippen LogP contribution in [0, 0.1) is 0 Å². The third-order valence-electron chi connectivity index (χ3n) is 0. The van der Waals surface area contributed by atoms with Gasteiger partial charge < -0.3 is 0 Å². The Morgan fingerprint density at radius 1 is 1.00 bits per heavy atom. The second-order valence-corrected chi connectivity index (χ2v) is 0. The zero-order valence-corrected chi connectivity index (χ0v) is 11.9. The zero-order chi connectivity index (χ0) is 0. The van der Waals surface area contributed by atoms with Crippen molar-refractivity contribution in [3.05, 3.63) is 0 Å². The summed E-state index contributed by atoms with van der Waals surface area (Å²) < 4.78 is 0. The van der Waals surface area contributed by atoms with Crippen molar-refractivity contribution < 1.29 is 0 Å². The van der Waals surface area contributed by atoms with E-state index in [1.165, 1.54) is 0 Å². The summed E-state index contributed by atoms with van der Waals surface area (Å²) in [5.41, 5.74) is 0. The predicted molar refractivity (Wildman–Crippen MR) is 30.3 cm³/mol. The molecule has 17 valence electrons. The van der Waals surface area contributed by atoms with E-state index in [1.807, 2.05) is 0 Å². The van der Waals surface area contributed by atoms with E-state index in [2.05, 4.69) is 0 Å². The smallest absolute Gasteiger partial charge is 0 e. The van der Waals surface area contributed by atoms with Crippen molar-refractivity contribution in [1.82, 2.24) is 0 Å². The maximum atomic E-state index is 0. The molecule has 5 heavy (non-hydrogen) atoms. The molecule has 0 nitrogen and oxygen atoms in total. The molecule has 0 aromatic rings. The Bertz CT molecular complexity index is 11.6. The molecule has 0 unspecified atom stereocenters. The monoisotopic (exact) mass is 167 g/mol. The minimum atomic E-state index is 0. The second kappa shape index (κ2) is 24.2. The van der Waals surface area contributed by atoms with Crippen LogP contribution in [0.2, 0.25) is 0 Å². The van der Waals surface area contributed by atoms with Crippen molar-refractivity contribution in [2.75, 3.05) is 0 Å². The minimum Gasteiger partial charge on any atom is -0.147 e. The molecular formula is HCaClKMgSi. The van der Waals surface area contributed by atoms with E-state index in [4.69, 9.17) is 0 Å². The van der Waals surface area contributed by atoms with Gasteiger partial charge in [0, 0.05) is 123 Å². The third kappa shape index (κ3) is 17.9. The van der Waals surface area contributed by atoms with Gasteiger partial charge in [0.25, 0.3) is 0 Å². The Kier molecular flexibility index (Phi) is 170. The SMILES string of the molecule is Cl.[Ca].[K].[Mg].[Si]. The topological polar surface area (TPSA) is 0 Å². The van der Waals surface area contributed by atoms with Gasteiger partial charge in [-0.15, -0.1) is 12.4 Å². The van der Waals surface area contributed by atoms with Crippen LogP contribution in [0.5, 0.6) is 0 Å². The van der Waals surface area contributed by atoms with Crippen molar-refractivity contribution in [2.45, 2.75) is 0 Å². The van der Waals surface area contributed by atoms with Crippen LogP contribution in [0.3, 0.4) is 0 Å². The second-order valence-electron chi connectivity index (χ2n) is 0. The Labute approximate surface area is 132 Å². The zero-order valence-electron chi connectivity index (χ0n) is 3.32. The number of halogens is 1. The third-order valence-corrected chi connectivity index (χ3v) is 0. The number of hydrogen-bond acceptors (Lipinski definition) is 0. The summed E-state index contributed by atoms with van der Waals surface area (Å²) in [5.74, 6) is 0. The molecule has 9 radical (unpaired) electrons. The normalized spacial score (nSPS) is 0. The Balaban J connectivity index is 0. The molecular weight excluding hydrogens is 167 g/mol. The molecule has 0 aliphatic heterocycles. The maximum absolute atomic E-state index is 0. The standard InChI is InChI=1S/Ca.ClH.K.Mg.Si/h;1H;;;. The predicted octanol–water partition coefficient (Wildman–Crippen LogP) is -1.10. The summed E-state index contributed by atoms with van der Waals surface area (Å²) in [6.07, 6.45) is 0. The van der Waals surface area contributed by atoms with Gasteiger partial charge in [0.05, 0.1) is 0 Å². The number of hydrogen-bond donors (Lipinski definition) is 0. The van der Waals surface area contributed by atoms with E-state index in [-0.39, 0.29) is 136 Å². The summed E-state index contributed by atoms with van der Waals surface area (Å²) in [5, 5.41) is 0. The van der Waals surface area contributed by atoms with Crippen molar-refractivity contribution in [2.24, 2.45) is 0 Å². The van der Waals surface area contributed by atoms with Gasteiger partial charge in [0.1, 0.15) is 0 Å². The first kappa shape index (κ1) is 35.2. The van der Waals surface area contributed by atoms with Crippen LogP contribution in [0.1, 0.15) is 0 Å². The fourth-order valence-electron chi connectivity index (χ4n) is 0. The van der Waals surface area contributed by atoms with Gasteiger partial charge in [-0.05, 0) is 0 Å². The molecule has 0 rings (SSSR count). The fraction of sp³-hybridized carbons (Fsp3) is 0. The first-order valence-electron chi connectivity index (χ1n) is 0. The first-order chi connectivity index (χ1) is 0. The van der Waals surface area contributed by atoms with Gasteiger partial charge in [-0.25, -0.2) is 0 Å². The number of rotatable bonds is 0. The fourth-order valence-corrected chi connectivity index (χ4v) is 0. The molecule has 0 heterocycles. The molecule has 5 heteroatoms. The van der Waals surface area contributed by atoms with Crippen LogP contribution in [0.4, 0.5) is 0 Å². The largest absolute Gasteiger partial charge is 0.147 e. The van der Waals surface area contributed by atoms with E-state index in [9.17, 15) is 0 Å². The average Bonchev–Trinajstić information content (AvgIpc) is 0.